The van der Waals surface area contributed by atoms with E-state index in [1.54, 1.807) is 0 Å². The third kappa shape index (κ3) is 3.90. The van der Waals surface area contributed by atoms with Crippen LogP contribution in [0.15, 0.2) is 53.7 Å². The van der Waals surface area contributed by atoms with E-state index < -0.39 is 0 Å². The molecular weight excluding hydrogens is 288 g/mol. The van der Waals surface area contributed by atoms with E-state index in [1.165, 1.54) is 30.5 Å². The molecular formula is C19H24N2S. The SMILES string of the molecule is CC(C)Sc1ccc([C@@H]2CCCN2Cc2ccccc2)cn1. The Hall–Kier alpha value is -1.32. The first kappa shape index (κ1) is 15.6. The molecule has 1 aromatic carbocycles. The second-order valence-corrected chi connectivity index (χ2v) is 7.81. The molecule has 0 N–H and O–H groups in total. The summed E-state index contributed by atoms with van der Waals surface area (Å²) in [5.74, 6) is 0. The Labute approximate surface area is 138 Å². The lowest BCUT2D eigenvalue weighted by molar-refractivity contribution is 0.248. The molecule has 0 bridgehead atoms. The number of hydrogen-bond donors (Lipinski definition) is 0. The zero-order chi connectivity index (χ0) is 15.4. The van der Waals surface area contributed by atoms with E-state index in [9.17, 15) is 0 Å². The van der Waals surface area contributed by atoms with Gasteiger partial charge in [-0.05, 0) is 36.6 Å². The number of benzene rings is 1. The maximum Gasteiger partial charge on any atom is 0.0962 e. The first-order chi connectivity index (χ1) is 10.7. The van der Waals surface area contributed by atoms with Crippen LogP contribution in [0.5, 0.6) is 0 Å². The van der Waals surface area contributed by atoms with Gasteiger partial charge in [0, 0.05) is 24.0 Å². The fourth-order valence-corrected chi connectivity index (χ4v) is 3.85. The summed E-state index contributed by atoms with van der Waals surface area (Å²) in [6.45, 7) is 6.63. The maximum absolute atomic E-state index is 4.64. The van der Waals surface area contributed by atoms with Crippen LogP contribution < -0.4 is 0 Å². The van der Waals surface area contributed by atoms with E-state index in [4.69, 9.17) is 0 Å². The largest absolute Gasteiger partial charge is 0.292 e. The van der Waals surface area contributed by atoms with Crippen LogP contribution in [-0.2, 0) is 6.54 Å². The number of nitrogens with zero attached hydrogens (tertiary/aromatic N) is 2. The van der Waals surface area contributed by atoms with E-state index in [1.807, 2.05) is 11.8 Å². The Morgan fingerprint density at radius 2 is 2.00 bits per heavy atom. The Bertz CT molecular complexity index is 580. The van der Waals surface area contributed by atoms with Crippen molar-refractivity contribution in [3.8, 4) is 0 Å². The van der Waals surface area contributed by atoms with Crippen LogP contribution >= 0.6 is 11.8 Å². The second kappa shape index (κ2) is 7.30. The summed E-state index contributed by atoms with van der Waals surface area (Å²) in [6.07, 6.45) is 4.60. The zero-order valence-corrected chi connectivity index (χ0v) is 14.2. The highest BCUT2D eigenvalue weighted by Gasteiger charge is 2.26. The summed E-state index contributed by atoms with van der Waals surface area (Å²) in [4.78, 5) is 7.23. The molecule has 0 saturated carbocycles. The molecule has 0 amide bonds. The molecule has 1 fully saturated rings. The van der Waals surface area contributed by atoms with E-state index in [0.29, 0.717) is 11.3 Å². The summed E-state index contributed by atoms with van der Waals surface area (Å²) in [6, 6.07) is 15.7. The molecule has 0 aliphatic carbocycles. The predicted octanol–water partition coefficient (Wildman–Crippen LogP) is 4.92. The average Bonchev–Trinajstić information content (AvgIpc) is 2.97. The fraction of sp³-hybridized carbons (Fsp3) is 0.421. The van der Waals surface area contributed by atoms with Crippen LogP contribution in [0.4, 0.5) is 0 Å². The van der Waals surface area contributed by atoms with Crippen molar-refractivity contribution in [2.75, 3.05) is 6.54 Å². The fourth-order valence-electron chi connectivity index (χ4n) is 3.11. The van der Waals surface area contributed by atoms with Gasteiger partial charge in [0.05, 0.1) is 5.03 Å². The average molecular weight is 312 g/mol. The van der Waals surface area contributed by atoms with Crippen LogP contribution in [0.25, 0.3) is 0 Å². The molecule has 0 radical (unpaired) electrons. The summed E-state index contributed by atoms with van der Waals surface area (Å²) in [7, 11) is 0. The van der Waals surface area contributed by atoms with E-state index in [0.717, 1.165) is 11.6 Å². The smallest absolute Gasteiger partial charge is 0.0962 e. The van der Waals surface area contributed by atoms with Gasteiger partial charge in [-0.3, -0.25) is 4.90 Å². The minimum atomic E-state index is 0.519. The van der Waals surface area contributed by atoms with Crippen LogP contribution in [0.2, 0.25) is 0 Å². The number of pyridine rings is 1. The molecule has 116 valence electrons. The molecule has 3 rings (SSSR count). The summed E-state index contributed by atoms with van der Waals surface area (Å²) < 4.78 is 0. The first-order valence-corrected chi connectivity index (χ1v) is 9.01. The van der Waals surface area contributed by atoms with Crippen molar-refractivity contribution in [2.45, 2.75) is 49.6 Å². The van der Waals surface area contributed by atoms with Crippen molar-refractivity contribution in [3.05, 3.63) is 59.8 Å². The van der Waals surface area contributed by atoms with Crippen LogP contribution in [0, 0.1) is 0 Å². The van der Waals surface area contributed by atoms with Crippen molar-refractivity contribution >= 4 is 11.8 Å². The van der Waals surface area contributed by atoms with Gasteiger partial charge in [-0.1, -0.05) is 50.2 Å². The molecule has 22 heavy (non-hydrogen) atoms. The Kier molecular flexibility index (Phi) is 5.16. The first-order valence-electron chi connectivity index (χ1n) is 8.13. The monoisotopic (exact) mass is 312 g/mol. The minimum Gasteiger partial charge on any atom is -0.292 e. The van der Waals surface area contributed by atoms with Crippen molar-refractivity contribution < 1.29 is 0 Å². The van der Waals surface area contributed by atoms with Gasteiger partial charge in [0.2, 0.25) is 0 Å². The molecule has 1 aromatic heterocycles. The van der Waals surface area contributed by atoms with E-state index in [-0.39, 0.29) is 0 Å². The van der Waals surface area contributed by atoms with Gasteiger partial charge in [-0.25, -0.2) is 4.98 Å². The predicted molar refractivity (Wildman–Crippen MR) is 94.1 cm³/mol. The van der Waals surface area contributed by atoms with Crippen molar-refractivity contribution in [2.24, 2.45) is 0 Å². The molecule has 1 aliphatic heterocycles. The van der Waals surface area contributed by atoms with Crippen molar-refractivity contribution in [1.29, 1.82) is 0 Å². The lowest BCUT2D eigenvalue weighted by Gasteiger charge is -2.24. The zero-order valence-electron chi connectivity index (χ0n) is 13.4. The lowest BCUT2D eigenvalue weighted by Crippen LogP contribution is -2.22. The molecule has 2 heterocycles. The highest BCUT2D eigenvalue weighted by Crippen LogP contribution is 2.33. The van der Waals surface area contributed by atoms with Gasteiger partial charge in [0.1, 0.15) is 0 Å². The molecule has 1 aliphatic rings. The number of hydrogen-bond acceptors (Lipinski definition) is 3. The summed E-state index contributed by atoms with van der Waals surface area (Å²) in [5.41, 5.74) is 2.76. The van der Waals surface area contributed by atoms with Gasteiger partial charge in [-0.15, -0.1) is 11.8 Å². The van der Waals surface area contributed by atoms with E-state index in [2.05, 4.69) is 72.4 Å². The third-order valence-electron chi connectivity index (χ3n) is 4.09. The van der Waals surface area contributed by atoms with Gasteiger partial charge in [-0.2, -0.15) is 0 Å². The number of rotatable bonds is 5. The quantitative estimate of drug-likeness (QED) is 0.729. The topological polar surface area (TPSA) is 16.1 Å². The molecule has 1 atom stereocenters. The van der Waals surface area contributed by atoms with Gasteiger partial charge < -0.3 is 0 Å². The second-order valence-electron chi connectivity index (χ2n) is 6.21. The van der Waals surface area contributed by atoms with Gasteiger partial charge in [0.25, 0.3) is 0 Å². The number of aromatic nitrogens is 1. The molecule has 0 spiro atoms. The van der Waals surface area contributed by atoms with Crippen LogP contribution in [0.1, 0.15) is 43.9 Å². The number of thioether (sulfide) groups is 1. The van der Waals surface area contributed by atoms with Gasteiger partial charge in [0.15, 0.2) is 0 Å². The van der Waals surface area contributed by atoms with Crippen LogP contribution in [-0.4, -0.2) is 21.7 Å². The molecule has 1 saturated heterocycles. The van der Waals surface area contributed by atoms with Crippen molar-refractivity contribution in [3.63, 3.8) is 0 Å². The highest BCUT2D eigenvalue weighted by molar-refractivity contribution is 7.99. The lowest BCUT2D eigenvalue weighted by atomic mass is 10.1. The molecule has 2 aromatic rings. The van der Waals surface area contributed by atoms with E-state index >= 15 is 0 Å². The highest BCUT2D eigenvalue weighted by atomic mass is 32.2. The molecule has 2 nitrogen and oxygen atoms in total. The standard InChI is InChI=1S/C19H24N2S/c1-15(2)22-19-11-10-17(13-20-19)18-9-6-12-21(18)14-16-7-4-3-5-8-16/h3-5,7-8,10-11,13,15,18H,6,9,12,14H2,1-2H3/t18-/m0/s1. The normalized spacial score (nSPS) is 19.0. The Morgan fingerprint density at radius 1 is 1.18 bits per heavy atom. The molecule has 0 unspecified atom stereocenters. The van der Waals surface area contributed by atoms with Gasteiger partial charge >= 0.3 is 0 Å². The van der Waals surface area contributed by atoms with Crippen molar-refractivity contribution in [1.82, 2.24) is 9.88 Å². The third-order valence-corrected chi connectivity index (χ3v) is 5.05. The summed E-state index contributed by atoms with van der Waals surface area (Å²) in [5, 5.41) is 1.71. The minimum absolute atomic E-state index is 0.519. The summed E-state index contributed by atoms with van der Waals surface area (Å²) >= 11 is 1.83. The maximum atomic E-state index is 4.64. The van der Waals surface area contributed by atoms with Crippen LogP contribution in [0.3, 0.4) is 0 Å². The number of likely N-dealkylation sites (tertiary alicyclic amines) is 1. The Balaban J connectivity index is 1.70. The molecule has 3 heteroatoms. The Morgan fingerprint density at radius 3 is 2.68 bits per heavy atom.